The molecule has 9 nitrogen and oxygen atoms in total. The predicted molar refractivity (Wildman–Crippen MR) is 127 cm³/mol. The van der Waals surface area contributed by atoms with Gasteiger partial charge >= 0.3 is 0 Å². The molecule has 0 atom stereocenters. The highest BCUT2D eigenvalue weighted by Crippen LogP contribution is 2.27. The van der Waals surface area contributed by atoms with Gasteiger partial charge in [-0.1, -0.05) is 29.5 Å². The first kappa shape index (κ1) is 22.5. The maximum atomic E-state index is 13.3. The molecule has 34 heavy (non-hydrogen) atoms. The van der Waals surface area contributed by atoms with Crippen molar-refractivity contribution in [1.82, 2.24) is 29.6 Å². The fourth-order valence-electron chi connectivity index (χ4n) is 4.78. The summed E-state index contributed by atoms with van der Waals surface area (Å²) in [6.07, 6.45) is 4.91. The molecular weight excluding hydrogens is 452 g/mol. The summed E-state index contributed by atoms with van der Waals surface area (Å²) in [5.41, 5.74) is 3.97. The zero-order chi connectivity index (χ0) is 23.7. The summed E-state index contributed by atoms with van der Waals surface area (Å²) in [5.74, 6) is 0.551. The second-order valence-corrected chi connectivity index (χ2v) is 9.65. The standard InChI is InChI=1S/C24H28N6O3S/c1-15-22(34-28-26-15)24(32)29-12-11-20-19(14-29)21(23(31)25-17-5-3-4-6-17)27-30(20)13-16-7-9-18(33-2)10-8-16/h7-10,17H,3-6,11-14H2,1-2H3,(H,25,31). The highest BCUT2D eigenvalue weighted by Gasteiger charge is 2.32. The van der Waals surface area contributed by atoms with Crippen LogP contribution in [-0.4, -0.2) is 55.8 Å². The second-order valence-electron chi connectivity index (χ2n) is 8.90. The Morgan fingerprint density at radius 2 is 1.97 bits per heavy atom. The number of amides is 2. The molecule has 0 spiro atoms. The van der Waals surface area contributed by atoms with Crippen molar-refractivity contribution in [3.05, 3.63) is 57.4 Å². The monoisotopic (exact) mass is 480 g/mol. The van der Waals surface area contributed by atoms with Crippen LogP contribution in [0, 0.1) is 6.92 Å². The Bertz CT molecular complexity index is 1200. The van der Waals surface area contributed by atoms with Crippen molar-refractivity contribution in [2.45, 2.75) is 58.2 Å². The van der Waals surface area contributed by atoms with Crippen LogP contribution in [0.1, 0.15) is 68.4 Å². The Hall–Kier alpha value is -3.27. The van der Waals surface area contributed by atoms with E-state index in [2.05, 4.69) is 14.9 Å². The van der Waals surface area contributed by atoms with Crippen LogP contribution in [0.4, 0.5) is 0 Å². The summed E-state index contributed by atoms with van der Waals surface area (Å²) < 4.78 is 11.1. The number of methoxy groups -OCH3 is 1. The average molecular weight is 481 g/mol. The molecule has 1 aromatic carbocycles. The van der Waals surface area contributed by atoms with Gasteiger partial charge in [-0.25, -0.2) is 0 Å². The number of ether oxygens (including phenoxy) is 1. The maximum Gasteiger partial charge on any atom is 0.272 e. The number of hydrogen-bond donors (Lipinski definition) is 1. The van der Waals surface area contributed by atoms with Crippen molar-refractivity contribution in [3.8, 4) is 5.75 Å². The number of nitrogens with one attached hydrogen (secondary N) is 1. The fourth-order valence-corrected chi connectivity index (χ4v) is 5.40. The normalized spacial score (nSPS) is 15.9. The molecule has 10 heteroatoms. The molecule has 2 amide bonds. The smallest absolute Gasteiger partial charge is 0.272 e. The van der Waals surface area contributed by atoms with Crippen LogP contribution < -0.4 is 10.1 Å². The quantitative estimate of drug-likeness (QED) is 0.582. The zero-order valence-corrected chi connectivity index (χ0v) is 20.2. The lowest BCUT2D eigenvalue weighted by atomic mass is 10.0. The van der Waals surface area contributed by atoms with Gasteiger partial charge in [0.25, 0.3) is 11.8 Å². The number of carbonyl (C=O) groups excluding carboxylic acids is 2. The van der Waals surface area contributed by atoms with Gasteiger partial charge in [-0.05, 0) is 49.0 Å². The fraction of sp³-hybridized carbons (Fsp3) is 0.458. The van der Waals surface area contributed by atoms with E-state index in [1.807, 2.05) is 28.9 Å². The molecule has 1 N–H and O–H groups in total. The molecule has 5 rings (SSSR count). The van der Waals surface area contributed by atoms with E-state index >= 15 is 0 Å². The molecule has 1 saturated carbocycles. The molecule has 3 heterocycles. The molecule has 3 aromatic rings. The van der Waals surface area contributed by atoms with Crippen molar-refractivity contribution < 1.29 is 14.3 Å². The number of benzene rings is 1. The lowest BCUT2D eigenvalue weighted by molar-refractivity contribution is 0.0734. The van der Waals surface area contributed by atoms with Crippen LogP contribution in [0.15, 0.2) is 24.3 Å². The number of aryl methyl sites for hydroxylation is 1. The van der Waals surface area contributed by atoms with Gasteiger partial charge in [0, 0.05) is 30.3 Å². The Kier molecular flexibility index (Phi) is 6.32. The van der Waals surface area contributed by atoms with Gasteiger partial charge in [0.2, 0.25) is 0 Å². The van der Waals surface area contributed by atoms with Gasteiger partial charge in [0.1, 0.15) is 10.6 Å². The van der Waals surface area contributed by atoms with Crippen molar-refractivity contribution >= 4 is 23.3 Å². The zero-order valence-electron chi connectivity index (χ0n) is 19.4. The minimum absolute atomic E-state index is 0.0943. The van der Waals surface area contributed by atoms with Crippen molar-refractivity contribution in [2.75, 3.05) is 13.7 Å². The molecule has 0 radical (unpaired) electrons. The molecule has 2 aromatic heterocycles. The van der Waals surface area contributed by atoms with Gasteiger partial charge in [-0.2, -0.15) is 5.10 Å². The SMILES string of the molecule is COc1ccc(Cn2nc(C(=O)NC3CCCC3)c3c2CCN(C(=O)c2snnc2C)C3)cc1. The third-order valence-electron chi connectivity index (χ3n) is 6.66. The minimum Gasteiger partial charge on any atom is -0.497 e. The van der Waals surface area contributed by atoms with Crippen LogP contribution in [0.2, 0.25) is 0 Å². The number of carbonyl (C=O) groups is 2. The summed E-state index contributed by atoms with van der Waals surface area (Å²) in [7, 11) is 1.64. The summed E-state index contributed by atoms with van der Waals surface area (Å²) in [6.45, 7) is 3.25. The van der Waals surface area contributed by atoms with Gasteiger partial charge in [-0.3, -0.25) is 14.3 Å². The molecule has 0 saturated heterocycles. The minimum atomic E-state index is -0.151. The molecule has 1 fully saturated rings. The molecular formula is C24H28N6O3S. The number of nitrogens with zero attached hydrogens (tertiary/aromatic N) is 5. The van der Waals surface area contributed by atoms with Gasteiger partial charge < -0.3 is 15.0 Å². The van der Waals surface area contributed by atoms with Crippen molar-refractivity contribution in [3.63, 3.8) is 0 Å². The van der Waals surface area contributed by atoms with Crippen molar-refractivity contribution in [2.24, 2.45) is 0 Å². The number of fused-ring (bicyclic) bond motifs is 1. The van der Waals surface area contributed by atoms with Crippen LogP contribution >= 0.6 is 11.5 Å². The van der Waals surface area contributed by atoms with Crippen LogP contribution in [0.25, 0.3) is 0 Å². The van der Waals surface area contributed by atoms with Gasteiger partial charge in [-0.15, -0.1) is 5.10 Å². The van der Waals surface area contributed by atoms with E-state index in [9.17, 15) is 9.59 Å². The van der Waals surface area contributed by atoms with Gasteiger partial charge in [0.05, 0.1) is 25.9 Å². The molecule has 178 valence electrons. The Morgan fingerprint density at radius 3 is 2.65 bits per heavy atom. The lowest BCUT2D eigenvalue weighted by Crippen LogP contribution is -2.38. The van der Waals surface area contributed by atoms with E-state index in [1.165, 1.54) is 0 Å². The van der Waals surface area contributed by atoms with Gasteiger partial charge in [0.15, 0.2) is 5.69 Å². The number of aromatic nitrogens is 4. The summed E-state index contributed by atoms with van der Waals surface area (Å²) in [6, 6.07) is 8.05. The van der Waals surface area contributed by atoms with E-state index in [1.54, 1.807) is 18.9 Å². The van der Waals surface area contributed by atoms with E-state index in [0.29, 0.717) is 42.3 Å². The molecule has 2 aliphatic rings. The summed E-state index contributed by atoms with van der Waals surface area (Å²) in [5, 5.41) is 11.9. The number of hydrogen-bond acceptors (Lipinski definition) is 7. The first-order chi connectivity index (χ1) is 16.5. The van der Waals surface area contributed by atoms with E-state index in [0.717, 1.165) is 59.8 Å². The van der Waals surface area contributed by atoms with Crippen LogP contribution in [0.3, 0.4) is 0 Å². The molecule has 1 aliphatic heterocycles. The molecule has 1 aliphatic carbocycles. The largest absolute Gasteiger partial charge is 0.497 e. The van der Waals surface area contributed by atoms with Crippen LogP contribution in [-0.2, 0) is 19.5 Å². The second kappa shape index (κ2) is 9.54. The lowest BCUT2D eigenvalue weighted by Gasteiger charge is -2.27. The highest BCUT2D eigenvalue weighted by atomic mass is 32.1. The summed E-state index contributed by atoms with van der Waals surface area (Å²) in [4.78, 5) is 28.7. The molecule has 0 unspecified atom stereocenters. The highest BCUT2D eigenvalue weighted by molar-refractivity contribution is 7.07. The third-order valence-corrected chi connectivity index (χ3v) is 7.48. The Morgan fingerprint density at radius 1 is 1.21 bits per heavy atom. The predicted octanol–water partition coefficient (Wildman–Crippen LogP) is 2.97. The number of rotatable bonds is 6. The van der Waals surface area contributed by atoms with E-state index in [4.69, 9.17) is 9.84 Å². The Labute approximate surface area is 202 Å². The van der Waals surface area contributed by atoms with E-state index in [-0.39, 0.29) is 17.9 Å². The average Bonchev–Trinajstić information content (AvgIpc) is 3.60. The summed E-state index contributed by atoms with van der Waals surface area (Å²) >= 11 is 1.11. The topological polar surface area (TPSA) is 102 Å². The maximum absolute atomic E-state index is 13.3. The molecule has 0 bridgehead atoms. The Balaban J connectivity index is 1.44. The van der Waals surface area contributed by atoms with Crippen LogP contribution in [0.5, 0.6) is 5.75 Å². The first-order valence-corrected chi connectivity index (χ1v) is 12.4. The third kappa shape index (κ3) is 4.42. The van der Waals surface area contributed by atoms with Crippen molar-refractivity contribution in [1.29, 1.82) is 0 Å². The van der Waals surface area contributed by atoms with E-state index < -0.39 is 0 Å². The first-order valence-electron chi connectivity index (χ1n) is 11.6.